The number of aliphatic hydroxyl groups excluding tert-OH is 1. The fraction of sp³-hybridized carbons (Fsp3) is 0.538. The molecule has 2 unspecified atom stereocenters. The molecule has 0 bridgehead atoms. The molecule has 0 aliphatic rings. The molecular formula is C13H18FNO3. The third-order valence-electron chi connectivity index (χ3n) is 3.10. The Balaban J connectivity index is 2.99. The Kier molecular flexibility index (Phi) is 4.78. The van der Waals surface area contributed by atoms with Gasteiger partial charge in [0.25, 0.3) is 5.69 Å². The number of hydrogen-bond donors (Lipinski definition) is 1. The van der Waals surface area contributed by atoms with Gasteiger partial charge in [-0.2, -0.15) is 0 Å². The lowest BCUT2D eigenvalue weighted by Crippen LogP contribution is -2.24. The first-order chi connectivity index (χ1) is 8.31. The van der Waals surface area contributed by atoms with Crippen molar-refractivity contribution in [3.05, 3.63) is 39.7 Å². The Bertz CT molecular complexity index is 424. The molecular weight excluding hydrogens is 237 g/mol. The maximum absolute atomic E-state index is 13.3. The van der Waals surface area contributed by atoms with E-state index in [1.807, 2.05) is 13.8 Å². The number of nitro benzene ring substituents is 1. The zero-order valence-corrected chi connectivity index (χ0v) is 10.8. The van der Waals surface area contributed by atoms with Gasteiger partial charge in [0.05, 0.1) is 17.1 Å². The van der Waals surface area contributed by atoms with E-state index in [1.54, 1.807) is 6.92 Å². The van der Waals surface area contributed by atoms with E-state index >= 15 is 0 Å². The van der Waals surface area contributed by atoms with Crippen LogP contribution in [0.2, 0.25) is 0 Å². The van der Waals surface area contributed by atoms with Crippen molar-refractivity contribution in [2.24, 2.45) is 11.8 Å². The molecule has 0 saturated carbocycles. The molecule has 0 radical (unpaired) electrons. The first-order valence-corrected chi connectivity index (χ1v) is 5.93. The molecule has 1 aromatic rings. The van der Waals surface area contributed by atoms with Gasteiger partial charge in [0.15, 0.2) is 0 Å². The van der Waals surface area contributed by atoms with Crippen LogP contribution in [0.25, 0.3) is 0 Å². The summed E-state index contributed by atoms with van der Waals surface area (Å²) in [6.45, 7) is 5.61. The van der Waals surface area contributed by atoms with Crippen molar-refractivity contribution in [3.63, 3.8) is 0 Å². The molecule has 0 fully saturated rings. The first-order valence-electron chi connectivity index (χ1n) is 5.93. The van der Waals surface area contributed by atoms with Crippen LogP contribution in [0.15, 0.2) is 18.2 Å². The standard InChI is InChI=1S/C13H18FNO3/c1-8(2)13(9(3)16)6-10-4-11(14)7-12(5-10)15(17)18/h4-5,7-9,13,16H,6H2,1-3H3. The van der Waals surface area contributed by atoms with Gasteiger partial charge in [-0.15, -0.1) is 0 Å². The number of nitro groups is 1. The fourth-order valence-electron chi connectivity index (χ4n) is 2.09. The molecule has 0 spiro atoms. The van der Waals surface area contributed by atoms with Gasteiger partial charge in [0, 0.05) is 6.07 Å². The van der Waals surface area contributed by atoms with Gasteiger partial charge < -0.3 is 5.11 Å². The van der Waals surface area contributed by atoms with E-state index in [1.165, 1.54) is 12.1 Å². The SMILES string of the molecule is CC(C)C(Cc1cc(F)cc([N+](=O)[O-])c1)C(C)O. The molecule has 5 heteroatoms. The van der Waals surface area contributed by atoms with Crippen LogP contribution in [0.1, 0.15) is 26.3 Å². The van der Waals surface area contributed by atoms with Gasteiger partial charge in [0.2, 0.25) is 0 Å². The van der Waals surface area contributed by atoms with Crippen molar-refractivity contribution < 1.29 is 14.4 Å². The average Bonchev–Trinajstić information content (AvgIpc) is 2.24. The number of halogens is 1. The van der Waals surface area contributed by atoms with Gasteiger partial charge in [-0.25, -0.2) is 4.39 Å². The van der Waals surface area contributed by atoms with Gasteiger partial charge in [-0.1, -0.05) is 13.8 Å². The van der Waals surface area contributed by atoms with Crippen molar-refractivity contribution in [3.8, 4) is 0 Å². The molecule has 1 aromatic carbocycles. The van der Waals surface area contributed by atoms with Gasteiger partial charge in [0.1, 0.15) is 5.82 Å². The minimum Gasteiger partial charge on any atom is -0.393 e. The Morgan fingerprint density at radius 3 is 2.39 bits per heavy atom. The first kappa shape index (κ1) is 14.6. The quantitative estimate of drug-likeness (QED) is 0.650. The third-order valence-corrected chi connectivity index (χ3v) is 3.10. The summed E-state index contributed by atoms with van der Waals surface area (Å²) in [4.78, 5) is 10.0. The fourth-order valence-corrected chi connectivity index (χ4v) is 2.09. The van der Waals surface area contributed by atoms with E-state index in [0.717, 1.165) is 6.07 Å². The highest BCUT2D eigenvalue weighted by Gasteiger charge is 2.21. The zero-order chi connectivity index (χ0) is 13.9. The summed E-state index contributed by atoms with van der Waals surface area (Å²) in [5, 5.41) is 20.3. The lowest BCUT2D eigenvalue weighted by molar-refractivity contribution is -0.385. The normalized spacial score (nSPS) is 14.6. The number of rotatable bonds is 5. The van der Waals surface area contributed by atoms with Crippen molar-refractivity contribution in [2.75, 3.05) is 0 Å². The van der Waals surface area contributed by atoms with Crippen molar-refractivity contribution in [1.82, 2.24) is 0 Å². The van der Waals surface area contributed by atoms with E-state index in [2.05, 4.69) is 0 Å². The van der Waals surface area contributed by atoms with E-state index in [4.69, 9.17) is 0 Å². The van der Waals surface area contributed by atoms with Crippen LogP contribution in [-0.4, -0.2) is 16.1 Å². The van der Waals surface area contributed by atoms with E-state index in [-0.39, 0.29) is 17.5 Å². The molecule has 0 aliphatic carbocycles. The average molecular weight is 255 g/mol. The smallest absolute Gasteiger partial charge is 0.272 e. The lowest BCUT2D eigenvalue weighted by Gasteiger charge is -2.23. The number of hydrogen-bond acceptors (Lipinski definition) is 3. The molecule has 0 aromatic heterocycles. The van der Waals surface area contributed by atoms with Crippen LogP contribution >= 0.6 is 0 Å². The van der Waals surface area contributed by atoms with Gasteiger partial charge >= 0.3 is 0 Å². The molecule has 100 valence electrons. The van der Waals surface area contributed by atoms with Crippen LogP contribution < -0.4 is 0 Å². The highest BCUT2D eigenvalue weighted by molar-refractivity contribution is 5.35. The molecule has 18 heavy (non-hydrogen) atoms. The summed E-state index contributed by atoms with van der Waals surface area (Å²) in [6, 6.07) is 3.54. The van der Waals surface area contributed by atoms with E-state index in [9.17, 15) is 19.6 Å². The molecule has 0 aliphatic heterocycles. The Labute approximate surface area is 106 Å². The van der Waals surface area contributed by atoms with Crippen LogP contribution in [-0.2, 0) is 6.42 Å². The van der Waals surface area contributed by atoms with Crippen LogP contribution in [0.3, 0.4) is 0 Å². The highest BCUT2D eigenvalue weighted by atomic mass is 19.1. The van der Waals surface area contributed by atoms with Crippen LogP contribution in [0.5, 0.6) is 0 Å². The molecule has 1 N–H and O–H groups in total. The molecule has 1 rings (SSSR count). The third kappa shape index (κ3) is 3.77. The summed E-state index contributed by atoms with van der Waals surface area (Å²) in [6.07, 6.45) is -0.110. The van der Waals surface area contributed by atoms with E-state index < -0.39 is 16.8 Å². The largest absolute Gasteiger partial charge is 0.393 e. The van der Waals surface area contributed by atoms with Crippen molar-refractivity contribution in [1.29, 1.82) is 0 Å². The molecule has 0 heterocycles. The number of non-ortho nitro benzene ring substituents is 1. The summed E-state index contributed by atoms with van der Waals surface area (Å²) >= 11 is 0. The Morgan fingerprint density at radius 2 is 1.94 bits per heavy atom. The second-order valence-electron chi connectivity index (χ2n) is 4.93. The van der Waals surface area contributed by atoms with Gasteiger partial charge in [-0.05, 0) is 36.8 Å². The molecule has 0 amide bonds. The topological polar surface area (TPSA) is 63.4 Å². The maximum Gasteiger partial charge on any atom is 0.272 e. The molecule has 2 atom stereocenters. The lowest BCUT2D eigenvalue weighted by atomic mass is 9.85. The number of nitrogens with zero attached hydrogens (tertiary/aromatic N) is 1. The monoisotopic (exact) mass is 255 g/mol. The molecule has 0 saturated heterocycles. The maximum atomic E-state index is 13.3. The summed E-state index contributed by atoms with van der Waals surface area (Å²) < 4.78 is 13.3. The van der Waals surface area contributed by atoms with Crippen LogP contribution in [0.4, 0.5) is 10.1 Å². The van der Waals surface area contributed by atoms with Crippen molar-refractivity contribution in [2.45, 2.75) is 33.3 Å². The van der Waals surface area contributed by atoms with Crippen LogP contribution in [0, 0.1) is 27.8 Å². The highest BCUT2D eigenvalue weighted by Crippen LogP contribution is 2.24. The minimum absolute atomic E-state index is 0.0496. The predicted octanol–water partition coefficient (Wildman–Crippen LogP) is 2.93. The Hall–Kier alpha value is -1.49. The minimum atomic E-state index is -0.618. The Morgan fingerprint density at radius 1 is 1.33 bits per heavy atom. The molecule has 4 nitrogen and oxygen atoms in total. The van der Waals surface area contributed by atoms with Gasteiger partial charge in [-0.3, -0.25) is 10.1 Å². The second kappa shape index (κ2) is 5.91. The number of aliphatic hydroxyl groups is 1. The summed E-state index contributed by atoms with van der Waals surface area (Å²) in [7, 11) is 0. The second-order valence-corrected chi connectivity index (χ2v) is 4.93. The summed E-state index contributed by atoms with van der Waals surface area (Å²) in [5.41, 5.74) is 0.291. The number of benzene rings is 1. The predicted molar refractivity (Wildman–Crippen MR) is 66.8 cm³/mol. The zero-order valence-electron chi connectivity index (χ0n) is 10.8. The summed E-state index contributed by atoms with van der Waals surface area (Å²) in [5.74, 6) is -0.453. The van der Waals surface area contributed by atoms with E-state index in [0.29, 0.717) is 12.0 Å². The van der Waals surface area contributed by atoms with Crippen molar-refractivity contribution >= 4 is 5.69 Å².